The highest BCUT2D eigenvalue weighted by molar-refractivity contribution is 5.79. The highest BCUT2D eigenvalue weighted by Gasteiger charge is 2.30. The number of imidazole rings is 1. The predicted octanol–water partition coefficient (Wildman–Crippen LogP) is 5.02. The van der Waals surface area contributed by atoms with Gasteiger partial charge in [-0.1, -0.05) is 12.1 Å². The number of esters is 1. The smallest absolute Gasteiger partial charge is 0.303 e. The van der Waals surface area contributed by atoms with Crippen molar-refractivity contribution in [2.24, 2.45) is 0 Å². The van der Waals surface area contributed by atoms with Crippen LogP contribution in [0.5, 0.6) is 11.5 Å². The SMILES string of the molecule is CC(=O)O[C@@H]1COc2cc(NC3COc4c3cccc4-n3c(C)nc4ccc(F)cc43)ccc21. The van der Waals surface area contributed by atoms with Crippen LogP contribution in [0.15, 0.2) is 54.6 Å². The number of ether oxygens (including phenoxy) is 3. The highest BCUT2D eigenvalue weighted by atomic mass is 19.1. The van der Waals surface area contributed by atoms with Crippen molar-refractivity contribution in [1.29, 1.82) is 0 Å². The summed E-state index contributed by atoms with van der Waals surface area (Å²) in [5.41, 5.74) is 5.00. The Labute approximate surface area is 195 Å². The van der Waals surface area contributed by atoms with Crippen LogP contribution in [0, 0.1) is 12.7 Å². The van der Waals surface area contributed by atoms with Crippen LogP contribution in [-0.4, -0.2) is 28.7 Å². The Balaban J connectivity index is 1.31. The van der Waals surface area contributed by atoms with E-state index in [9.17, 15) is 9.18 Å². The number of benzene rings is 3. The van der Waals surface area contributed by atoms with E-state index in [0.717, 1.165) is 39.6 Å². The number of fused-ring (bicyclic) bond motifs is 3. The van der Waals surface area contributed by atoms with Crippen molar-refractivity contribution >= 4 is 22.7 Å². The van der Waals surface area contributed by atoms with Gasteiger partial charge in [0.15, 0.2) is 6.10 Å². The van der Waals surface area contributed by atoms with E-state index in [0.29, 0.717) is 24.5 Å². The highest BCUT2D eigenvalue weighted by Crippen LogP contribution is 2.42. The monoisotopic (exact) mass is 459 g/mol. The topological polar surface area (TPSA) is 74.6 Å². The van der Waals surface area contributed by atoms with Crippen molar-refractivity contribution in [2.75, 3.05) is 18.5 Å². The number of hydrogen-bond acceptors (Lipinski definition) is 6. The number of halogens is 1. The van der Waals surface area contributed by atoms with Gasteiger partial charge in [0, 0.05) is 35.9 Å². The predicted molar refractivity (Wildman–Crippen MR) is 124 cm³/mol. The summed E-state index contributed by atoms with van der Waals surface area (Å²) in [6.45, 7) is 4.05. The summed E-state index contributed by atoms with van der Waals surface area (Å²) in [7, 11) is 0. The Kier molecular flexibility index (Phi) is 4.69. The molecule has 172 valence electrons. The van der Waals surface area contributed by atoms with Gasteiger partial charge in [-0.05, 0) is 37.3 Å². The van der Waals surface area contributed by atoms with E-state index in [1.54, 1.807) is 6.07 Å². The van der Waals surface area contributed by atoms with E-state index in [2.05, 4.69) is 10.3 Å². The van der Waals surface area contributed by atoms with Crippen LogP contribution in [0.2, 0.25) is 0 Å². The second kappa shape index (κ2) is 7.76. The Morgan fingerprint density at radius 1 is 1.12 bits per heavy atom. The van der Waals surface area contributed by atoms with Gasteiger partial charge in [-0.25, -0.2) is 9.37 Å². The van der Waals surface area contributed by atoms with Crippen molar-refractivity contribution in [3.8, 4) is 17.2 Å². The van der Waals surface area contributed by atoms with E-state index < -0.39 is 0 Å². The summed E-state index contributed by atoms with van der Waals surface area (Å²) >= 11 is 0. The van der Waals surface area contributed by atoms with E-state index in [1.165, 1.54) is 19.1 Å². The van der Waals surface area contributed by atoms with Gasteiger partial charge in [0.2, 0.25) is 0 Å². The minimum Gasteiger partial charge on any atom is -0.489 e. The minimum absolute atomic E-state index is 0.0782. The van der Waals surface area contributed by atoms with Crippen molar-refractivity contribution in [1.82, 2.24) is 9.55 Å². The Hall–Kier alpha value is -4.07. The van der Waals surface area contributed by atoms with E-state index in [-0.39, 0.29) is 23.9 Å². The van der Waals surface area contributed by atoms with Gasteiger partial charge >= 0.3 is 5.97 Å². The van der Waals surface area contributed by atoms with Gasteiger partial charge in [0.1, 0.15) is 36.4 Å². The Morgan fingerprint density at radius 3 is 2.85 bits per heavy atom. The standard InChI is InChI=1S/C26H22FN3O4/c1-14-28-20-9-6-16(27)10-23(20)30(14)22-5-3-4-18-21(12-33-26(18)22)29-17-7-8-19-24(11-17)32-13-25(19)34-15(2)31/h3-11,21,25,29H,12-13H2,1-2H3/t21?,25-/m1/s1. The molecule has 4 aromatic rings. The summed E-state index contributed by atoms with van der Waals surface area (Å²) in [6, 6.07) is 16.2. The molecule has 0 spiro atoms. The van der Waals surface area contributed by atoms with Gasteiger partial charge in [0.05, 0.1) is 22.8 Å². The van der Waals surface area contributed by atoms with E-state index >= 15 is 0 Å². The molecule has 0 fully saturated rings. The molecule has 3 aromatic carbocycles. The average molecular weight is 459 g/mol. The van der Waals surface area contributed by atoms with E-state index in [1.807, 2.05) is 47.9 Å². The lowest BCUT2D eigenvalue weighted by Gasteiger charge is -2.15. The summed E-state index contributed by atoms with van der Waals surface area (Å²) < 4.78 is 33.1. The molecule has 0 saturated heterocycles. The number of aromatic nitrogens is 2. The zero-order chi connectivity index (χ0) is 23.4. The first kappa shape index (κ1) is 20.5. The first-order valence-electron chi connectivity index (χ1n) is 11.1. The summed E-state index contributed by atoms with van der Waals surface area (Å²) in [4.78, 5) is 15.9. The maximum absolute atomic E-state index is 14.0. The van der Waals surface area contributed by atoms with Crippen molar-refractivity contribution in [3.63, 3.8) is 0 Å². The fourth-order valence-corrected chi connectivity index (χ4v) is 4.77. The molecule has 2 aliphatic rings. The first-order valence-corrected chi connectivity index (χ1v) is 11.1. The maximum Gasteiger partial charge on any atom is 0.303 e. The number of carbonyl (C=O) groups excluding carboxylic acids is 1. The molecule has 7 nitrogen and oxygen atoms in total. The molecular formula is C26H22FN3O4. The molecule has 2 atom stereocenters. The van der Waals surface area contributed by atoms with Crippen LogP contribution in [0.3, 0.4) is 0 Å². The molecule has 1 N–H and O–H groups in total. The molecule has 0 saturated carbocycles. The number of rotatable bonds is 4. The summed E-state index contributed by atoms with van der Waals surface area (Å²) in [5, 5.41) is 3.52. The molecule has 1 unspecified atom stereocenters. The van der Waals surface area contributed by atoms with Crippen molar-refractivity contribution in [2.45, 2.75) is 26.0 Å². The number of carbonyl (C=O) groups is 1. The fourth-order valence-electron chi connectivity index (χ4n) is 4.77. The quantitative estimate of drug-likeness (QED) is 0.432. The molecule has 0 radical (unpaired) electrons. The Bertz CT molecular complexity index is 1450. The number of para-hydroxylation sites is 1. The number of nitrogens with one attached hydrogen (secondary N) is 1. The largest absolute Gasteiger partial charge is 0.489 e. The molecule has 0 aliphatic carbocycles. The molecular weight excluding hydrogens is 437 g/mol. The lowest BCUT2D eigenvalue weighted by atomic mass is 10.1. The molecule has 8 heteroatoms. The van der Waals surface area contributed by atoms with Crippen LogP contribution in [0.1, 0.15) is 36.0 Å². The minimum atomic E-state index is -0.377. The molecule has 0 amide bonds. The van der Waals surface area contributed by atoms with Gasteiger partial charge in [-0.3, -0.25) is 9.36 Å². The fraction of sp³-hybridized carbons (Fsp3) is 0.231. The van der Waals surface area contributed by atoms with Gasteiger partial charge in [0.25, 0.3) is 0 Å². The third-order valence-electron chi connectivity index (χ3n) is 6.22. The third-order valence-corrected chi connectivity index (χ3v) is 6.22. The van der Waals surface area contributed by atoms with E-state index in [4.69, 9.17) is 14.2 Å². The Morgan fingerprint density at radius 2 is 2.00 bits per heavy atom. The average Bonchev–Trinajstić information content (AvgIpc) is 3.48. The number of nitrogens with zero attached hydrogens (tertiary/aromatic N) is 2. The number of hydrogen-bond donors (Lipinski definition) is 1. The summed E-state index contributed by atoms with van der Waals surface area (Å²) in [6.07, 6.45) is -0.377. The second-order valence-electron chi connectivity index (χ2n) is 8.49. The van der Waals surface area contributed by atoms with Crippen LogP contribution in [-0.2, 0) is 9.53 Å². The lowest BCUT2D eigenvalue weighted by molar-refractivity contribution is -0.147. The van der Waals surface area contributed by atoms with Gasteiger partial charge < -0.3 is 19.5 Å². The third kappa shape index (κ3) is 3.34. The molecule has 2 aliphatic heterocycles. The van der Waals surface area contributed by atoms with Crippen molar-refractivity contribution < 1.29 is 23.4 Å². The summed E-state index contributed by atoms with van der Waals surface area (Å²) in [5.74, 6) is 1.57. The molecule has 0 bridgehead atoms. The zero-order valence-corrected chi connectivity index (χ0v) is 18.7. The first-order chi connectivity index (χ1) is 16.5. The van der Waals surface area contributed by atoms with Crippen LogP contribution >= 0.6 is 0 Å². The normalized spacial score (nSPS) is 18.2. The maximum atomic E-state index is 14.0. The van der Waals surface area contributed by atoms with Gasteiger partial charge in [-0.15, -0.1) is 0 Å². The van der Waals surface area contributed by atoms with Crippen LogP contribution in [0.25, 0.3) is 16.7 Å². The van der Waals surface area contributed by atoms with Crippen molar-refractivity contribution in [3.05, 3.63) is 77.4 Å². The molecule has 1 aromatic heterocycles. The molecule has 6 rings (SSSR count). The van der Waals surface area contributed by atoms with Crippen LogP contribution in [0.4, 0.5) is 10.1 Å². The zero-order valence-electron chi connectivity index (χ0n) is 18.7. The molecule has 3 heterocycles. The molecule has 34 heavy (non-hydrogen) atoms. The second-order valence-corrected chi connectivity index (χ2v) is 8.49. The number of anilines is 1. The van der Waals surface area contributed by atoms with Gasteiger partial charge in [-0.2, -0.15) is 0 Å². The lowest BCUT2D eigenvalue weighted by Crippen LogP contribution is -2.12. The van der Waals surface area contributed by atoms with Crippen LogP contribution < -0.4 is 14.8 Å². The number of aryl methyl sites for hydroxylation is 1.